The Morgan fingerprint density at radius 3 is 2.83 bits per heavy atom. The molecule has 0 amide bonds. The molecule has 0 fully saturated rings. The number of rotatable bonds is 7. The van der Waals surface area contributed by atoms with Gasteiger partial charge in [-0.15, -0.1) is 6.58 Å². The fourth-order valence-electron chi connectivity index (χ4n) is 1.53. The quantitative estimate of drug-likeness (QED) is 0.455. The Bertz CT molecular complexity index is 493. The van der Waals surface area contributed by atoms with Gasteiger partial charge in [-0.2, -0.15) is 11.8 Å². The predicted octanol–water partition coefficient (Wildman–Crippen LogP) is 1.77. The number of nitrogen functional groups attached to an aromatic ring is 1. The van der Waals surface area contributed by atoms with Crippen molar-refractivity contribution in [3.8, 4) is 0 Å². The molecule has 1 aromatic carbocycles. The monoisotopic (exact) mass is 286 g/mol. The second-order valence-corrected chi connectivity index (χ2v) is 6.61. The van der Waals surface area contributed by atoms with Crippen LogP contribution in [-0.4, -0.2) is 26.5 Å². The summed E-state index contributed by atoms with van der Waals surface area (Å²) in [6.45, 7) is 5.72. The lowest BCUT2D eigenvalue weighted by molar-refractivity contribution is 0.584. The number of hydrogen-bond acceptors (Lipinski definition) is 4. The number of benzene rings is 1. The van der Waals surface area contributed by atoms with Crippen LogP contribution in [0.2, 0.25) is 0 Å². The zero-order valence-electron chi connectivity index (χ0n) is 10.3. The third-order valence-corrected chi connectivity index (χ3v) is 4.93. The van der Waals surface area contributed by atoms with Crippen LogP contribution in [0.3, 0.4) is 0 Å². The maximum Gasteiger partial charge on any atom is 0.242 e. The van der Waals surface area contributed by atoms with Crippen molar-refractivity contribution >= 4 is 27.5 Å². The van der Waals surface area contributed by atoms with Gasteiger partial charge in [-0.25, -0.2) is 13.1 Å². The van der Waals surface area contributed by atoms with E-state index in [0.29, 0.717) is 17.9 Å². The summed E-state index contributed by atoms with van der Waals surface area (Å²) < 4.78 is 26.7. The maximum atomic E-state index is 12.1. The summed E-state index contributed by atoms with van der Waals surface area (Å²) in [5.41, 5.74) is 6.65. The Labute approximate surface area is 113 Å². The van der Waals surface area contributed by atoms with Gasteiger partial charge >= 0.3 is 0 Å². The molecule has 0 saturated heterocycles. The number of nitrogens with one attached hydrogen (secondary N) is 1. The van der Waals surface area contributed by atoms with Crippen LogP contribution in [0.15, 0.2) is 35.7 Å². The van der Waals surface area contributed by atoms with E-state index in [0.717, 1.165) is 5.75 Å². The number of thioether (sulfide) groups is 1. The lowest BCUT2D eigenvalue weighted by atomic mass is 10.2. The highest BCUT2D eigenvalue weighted by Crippen LogP contribution is 2.21. The Hall–Kier alpha value is -0.980. The molecular formula is C12H18N2O2S2. The first-order chi connectivity index (χ1) is 8.49. The second kappa shape index (κ2) is 6.82. The molecule has 0 aliphatic rings. The van der Waals surface area contributed by atoms with Gasteiger partial charge in [0.2, 0.25) is 10.0 Å². The summed E-state index contributed by atoms with van der Waals surface area (Å²) in [7, 11) is -3.52. The molecule has 0 radical (unpaired) electrons. The van der Waals surface area contributed by atoms with Crippen LogP contribution in [0.4, 0.5) is 5.69 Å². The van der Waals surface area contributed by atoms with E-state index in [1.807, 2.05) is 0 Å². The summed E-state index contributed by atoms with van der Waals surface area (Å²) in [4.78, 5) is 0.179. The molecule has 3 N–H and O–H groups in total. The molecule has 0 saturated carbocycles. The molecule has 0 bridgehead atoms. The van der Waals surface area contributed by atoms with Crippen LogP contribution in [0.25, 0.3) is 0 Å². The summed E-state index contributed by atoms with van der Waals surface area (Å²) in [6, 6.07) is 5.06. The van der Waals surface area contributed by atoms with Crippen molar-refractivity contribution in [1.82, 2.24) is 4.72 Å². The van der Waals surface area contributed by atoms with Crippen LogP contribution in [0.5, 0.6) is 0 Å². The minimum atomic E-state index is -3.52. The number of sulfonamides is 1. The first-order valence-corrected chi connectivity index (χ1v) is 8.16. The molecule has 4 nitrogen and oxygen atoms in total. The third-order valence-electron chi connectivity index (χ3n) is 2.29. The summed E-state index contributed by atoms with van der Waals surface area (Å²) in [5.74, 6) is 1.52. The molecule has 18 heavy (non-hydrogen) atoms. The Kier molecular flexibility index (Phi) is 5.71. The topological polar surface area (TPSA) is 72.2 Å². The lowest BCUT2D eigenvalue weighted by Crippen LogP contribution is -2.27. The molecular weight excluding hydrogens is 268 g/mol. The van der Waals surface area contributed by atoms with Gasteiger partial charge in [0, 0.05) is 18.1 Å². The van der Waals surface area contributed by atoms with E-state index >= 15 is 0 Å². The van der Waals surface area contributed by atoms with E-state index in [2.05, 4.69) is 11.3 Å². The standard InChI is InChI=1S/C12H18N2O2S2/c1-3-8-17-9-7-14-18(15,16)12-10(2)5-4-6-11(12)13/h3-6,14H,1,7-9,13H2,2H3. The molecule has 1 aromatic rings. The fourth-order valence-corrected chi connectivity index (χ4v) is 3.62. The van der Waals surface area contributed by atoms with Crippen molar-refractivity contribution in [3.05, 3.63) is 36.4 Å². The minimum absolute atomic E-state index is 0.179. The highest BCUT2D eigenvalue weighted by molar-refractivity contribution is 7.99. The highest BCUT2D eigenvalue weighted by Gasteiger charge is 2.18. The first kappa shape index (κ1) is 15.1. The van der Waals surface area contributed by atoms with E-state index < -0.39 is 10.0 Å². The van der Waals surface area contributed by atoms with Gasteiger partial charge < -0.3 is 5.73 Å². The van der Waals surface area contributed by atoms with Crippen molar-refractivity contribution in [2.75, 3.05) is 23.8 Å². The van der Waals surface area contributed by atoms with E-state index in [9.17, 15) is 8.42 Å². The lowest BCUT2D eigenvalue weighted by Gasteiger charge is -2.11. The fraction of sp³-hybridized carbons (Fsp3) is 0.333. The average Bonchev–Trinajstić information content (AvgIpc) is 2.28. The van der Waals surface area contributed by atoms with Crippen LogP contribution < -0.4 is 10.5 Å². The van der Waals surface area contributed by atoms with Crippen molar-refractivity contribution in [3.63, 3.8) is 0 Å². The van der Waals surface area contributed by atoms with Gasteiger partial charge in [-0.3, -0.25) is 0 Å². The number of nitrogens with two attached hydrogens (primary N) is 1. The Morgan fingerprint density at radius 2 is 2.22 bits per heavy atom. The minimum Gasteiger partial charge on any atom is -0.398 e. The molecule has 0 aliphatic carbocycles. The smallest absolute Gasteiger partial charge is 0.242 e. The van der Waals surface area contributed by atoms with Crippen molar-refractivity contribution in [2.24, 2.45) is 0 Å². The highest BCUT2D eigenvalue weighted by atomic mass is 32.2. The molecule has 0 atom stereocenters. The average molecular weight is 286 g/mol. The van der Waals surface area contributed by atoms with Gasteiger partial charge in [-0.05, 0) is 18.6 Å². The van der Waals surface area contributed by atoms with Crippen LogP contribution >= 0.6 is 11.8 Å². The normalized spacial score (nSPS) is 11.4. The van der Waals surface area contributed by atoms with Crippen LogP contribution in [-0.2, 0) is 10.0 Å². The second-order valence-electron chi connectivity index (χ2n) is 3.75. The van der Waals surface area contributed by atoms with Gasteiger partial charge in [-0.1, -0.05) is 18.2 Å². The molecule has 0 aliphatic heterocycles. The van der Waals surface area contributed by atoms with Crippen molar-refractivity contribution in [1.29, 1.82) is 0 Å². The molecule has 0 unspecified atom stereocenters. The van der Waals surface area contributed by atoms with Gasteiger partial charge in [0.25, 0.3) is 0 Å². The molecule has 0 spiro atoms. The number of hydrogen-bond donors (Lipinski definition) is 2. The Balaban J connectivity index is 2.72. The molecule has 100 valence electrons. The summed E-state index contributed by atoms with van der Waals surface area (Å²) in [6.07, 6.45) is 1.79. The van der Waals surface area contributed by atoms with Gasteiger partial charge in [0.05, 0.1) is 5.69 Å². The first-order valence-electron chi connectivity index (χ1n) is 5.52. The van der Waals surface area contributed by atoms with E-state index in [-0.39, 0.29) is 10.6 Å². The van der Waals surface area contributed by atoms with E-state index in [4.69, 9.17) is 5.73 Å². The van der Waals surface area contributed by atoms with Crippen molar-refractivity contribution in [2.45, 2.75) is 11.8 Å². The van der Waals surface area contributed by atoms with Gasteiger partial charge in [0.15, 0.2) is 0 Å². The molecule has 0 heterocycles. The zero-order chi connectivity index (χ0) is 13.6. The maximum absolute atomic E-state index is 12.1. The SMILES string of the molecule is C=CCSCCNS(=O)(=O)c1c(C)cccc1N. The number of anilines is 1. The van der Waals surface area contributed by atoms with Crippen LogP contribution in [0, 0.1) is 6.92 Å². The molecule has 6 heteroatoms. The Morgan fingerprint density at radius 1 is 1.50 bits per heavy atom. The summed E-state index contributed by atoms with van der Waals surface area (Å²) >= 11 is 1.62. The van der Waals surface area contributed by atoms with Crippen molar-refractivity contribution < 1.29 is 8.42 Å². The number of aryl methyl sites for hydroxylation is 1. The largest absolute Gasteiger partial charge is 0.398 e. The summed E-state index contributed by atoms with van der Waals surface area (Å²) in [5, 5.41) is 0. The molecule has 0 aromatic heterocycles. The van der Waals surface area contributed by atoms with E-state index in [1.54, 1.807) is 43.0 Å². The zero-order valence-corrected chi connectivity index (χ0v) is 12.0. The van der Waals surface area contributed by atoms with E-state index in [1.165, 1.54) is 0 Å². The van der Waals surface area contributed by atoms with Gasteiger partial charge in [0.1, 0.15) is 4.90 Å². The van der Waals surface area contributed by atoms with Crippen LogP contribution in [0.1, 0.15) is 5.56 Å². The third kappa shape index (κ3) is 4.04. The molecule has 1 rings (SSSR count). The predicted molar refractivity (Wildman–Crippen MR) is 78.3 cm³/mol.